The Morgan fingerprint density at radius 2 is 2.21 bits per heavy atom. The minimum atomic E-state index is -0.00341. The van der Waals surface area contributed by atoms with Gasteiger partial charge in [0, 0.05) is 42.7 Å². The fourth-order valence-electron chi connectivity index (χ4n) is 2.08. The predicted molar refractivity (Wildman–Crippen MR) is 82.1 cm³/mol. The Morgan fingerprint density at radius 3 is 2.79 bits per heavy atom. The largest absolute Gasteiger partial charge is 0.367 e. The van der Waals surface area contributed by atoms with Crippen molar-refractivity contribution in [3.8, 4) is 0 Å². The van der Waals surface area contributed by atoms with E-state index in [0.717, 1.165) is 28.1 Å². The van der Waals surface area contributed by atoms with Crippen molar-refractivity contribution in [1.29, 1.82) is 0 Å². The van der Waals surface area contributed by atoms with Gasteiger partial charge in [-0.25, -0.2) is 4.98 Å². The molecule has 1 heterocycles. The molecular formula is C14H19BrN4. The topological polar surface area (TPSA) is 47.1 Å². The number of rotatable bonds is 4. The molecule has 0 amide bonds. The van der Waals surface area contributed by atoms with Crippen molar-refractivity contribution >= 4 is 21.6 Å². The van der Waals surface area contributed by atoms with Crippen LogP contribution in [0.15, 0.2) is 35.1 Å². The summed E-state index contributed by atoms with van der Waals surface area (Å²) in [6, 6.07) is 6.20. The normalized spacial score (nSPS) is 12.5. The number of halogens is 1. The summed E-state index contributed by atoms with van der Waals surface area (Å²) < 4.78 is 3.08. The zero-order valence-corrected chi connectivity index (χ0v) is 13.1. The molecule has 0 saturated carbocycles. The highest BCUT2D eigenvalue weighted by molar-refractivity contribution is 9.10. The molecule has 0 radical (unpaired) electrons. The molecular weight excluding hydrogens is 304 g/mol. The molecule has 19 heavy (non-hydrogen) atoms. The van der Waals surface area contributed by atoms with E-state index in [1.165, 1.54) is 0 Å². The second-order valence-electron chi connectivity index (χ2n) is 4.80. The van der Waals surface area contributed by atoms with Crippen LogP contribution < -0.4 is 10.6 Å². The number of benzene rings is 1. The maximum absolute atomic E-state index is 6.06. The monoisotopic (exact) mass is 322 g/mol. The van der Waals surface area contributed by atoms with E-state index < -0.39 is 0 Å². The van der Waals surface area contributed by atoms with Gasteiger partial charge in [0.1, 0.15) is 5.82 Å². The number of nitrogens with zero attached hydrogens (tertiary/aromatic N) is 3. The standard InChI is InChI=1S/C14H19BrN4/c1-10(16)12-8-11(15)4-5-13(12)19(3)9-14-17-6-7-18(14)2/h4-8,10H,9,16H2,1-3H3. The maximum Gasteiger partial charge on any atom is 0.127 e. The highest BCUT2D eigenvalue weighted by Gasteiger charge is 2.13. The predicted octanol–water partition coefficient (Wildman–Crippen LogP) is 2.84. The summed E-state index contributed by atoms with van der Waals surface area (Å²) in [4.78, 5) is 6.53. The Morgan fingerprint density at radius 1 is 1.47 bits per heavy atom. The molecule has 4 nitrogen and oxygen atoms in total. The second-order valence-corrected chi connectivity index (χ2v) is 5.72. The van der Waals surface area contributed by atoms with Gasteiger partial charge < -0.3 is 15.2 Å². The maximum atomic E-state index is 6.06. The van der Waals surface area contributed by atoms with E-state index in [1.807, 2.05) is 37.0 Å². The van der Waals surface area contributed by atoms with Gasteiger partial charge in [-0.3, -0.25) is 0 Å². The van der Waals surface area contributed by atoms with E-state index >= 15 is 0 Å². The molecule has 2 aromatic rings. The Balaban J connectivity index is 2.28. The molecule has 1 aromatic carbocycles. The molecule has 0 spiro atoms. The molecule has 1 aromatic heterocycles. The first-order valence-corrected chi connectivity index (χ1v) is 7.00. The van der Waals surface area contributed by atoms with Crippen LogP contribution in [0, 0.1) is 0 Å². The van der Waals surface area contributed by atoms with Crippen molar-refractivity contribution in [2.45, 2.75) is 19.5 Å². The molecule has 0 bridgehead atoms. The number of aryl methyl sites for hydroxylation is 1. The summed E-state index contributed by atoms with van der Waals surface area (Å²) in [5.41, 5.74) is 8.33. The molecule has 102 valence electrons. The lowest BCUT2D eigenvalue weighted by molar-refractivity contribution is 0.748. The molecule has 2 N–H and O–H groups in total. The summed E-state index contributed by atoms with van der Waals surface area (Å²) >= 11 is 3.50. The van der Waals surface area contributed by atoms with Crippen molar-refractivity contribution in [2.75, 3.05) is 11.9 Å². The number of hydrogen-bond acceptors (Lipinski definition) is 3. The summed E-state index contributed by atoms with van der Waals surface area (Å²) in [5.74, 6) is 1.03. The minimum Gasteiger partial charge on any atom is -0.367 e. The summed E-state index contributed by atoms with van der Waals surface area (Å²) in [6.07, 6.45) is 3.77. The summed E-state index contributed by atoms with van der Waals surface area (Å²) in [7, 11) is 4.06. The SMILES string of the molecule is CC(N)c1cc(Br)ccc1N(C)Cc1nccn1C. The highest BCUT2D eigenvalue weighted by atomic mass is 79.9. The van der Waals surface area contributed by atoms with E-state index in [0.29, 0.717) is 0 Å². The smallest absolute Gasteiger partial charge is 0.127 e. The average molecular weight is 323 g/mol. The van der Waals surface area contributed by atoms with Gasteiger partial charge in [-0.15, -0.1) is 0 Å². The van der Waals surface area contributed by atoms with E-state index in [-0.39, 0.29) is 6.04 Å². The van der Waals surface area contributed by atoms with Crippen molar-refractivity contribution in [3.63, 3.8) is 0 Å². The van der Waals surface area contributed by atoms with Crippen LogP contribution in [0.5, 0.6) is 0 Å². The van der Waals surface area contributed by atoms with Crippen LogP contribution in [0.25, 0.3) is 0 Å². The lowest BCUT2D eigenvalue weighted by Gasteiger charge is -2.24. The van der Waals surface area contributed by atoms with Gasteiger partial charge in [-0.05, 0) is 30.7 Å². The van der Waals surface area contributed by atoms with E-state index in [9.17, 15) is 0 Å². The van der Waals surface area contributed by atoms with Gasteiger partial charge in [0.05, 0.1) is 6.54 Å². The third kappa shape index (κ3) is 3.16. The molecule has 0 saturated heterocycles. The van der Waals surface area contributed by atoms with E-state index in [1.54, 1.807) is 0 Å². The van der Waals surface area contributed by atoms with Gasteiger partial charge in [-0.2, -0.15) is 0 Å². The van der Waals surface area contributed by atoms with Crippen molar-refractivity contribution in [2.24, 2.45) is 12.8 Å². The fourth-order valence-corrected chi connectivity index (χ4v) is 2.46. The molecule has 0 aliphatic carbocycles. The van der Waals surface area contributed by atoms with Crippen molar-refractivity contribution in [1.82, 2.24) is 9.55 Å². The number of imidazole rings is 1. The Labute approximate surface area is 122 Å². The quantitative estimate of drug-likeness (QED) is 0.941. The lowest BCUT2D eigenvalue weighted by atomic mass is 10.1. The number of nitrogens with two attached hydrogens (primary N) is 1. The third-order valence-electron chi connectivity index (χ3n) is 3.19. The van der Waals surface area contributed by atoms with Crippen LogP contribution in [0.1, 0.15) is 24.4 Å². The van der Waals surface area contributed by atoms with Crippen LogP contribution in [0.4, 0.5) is 5.69 Å². The van der Waals surface area contributed by atoms with Crippen LogP contribution in [-0.2, 0) is 13.6 Å². The molecule has 1 atom stereocenters. The molecule has 1 unspecified atom stereocenters. The van der Waals surface area contributed by atoms with Crippen LogP contribution in [0.3, 0.4) is 0 Å². The molecule has 0 aliphatic rings. The lowest BCUT2D eigenvalue weighted by Crippen LogP contribution is -2.22. The van der Waals surface area contributed by atoms with Gasteiger partial charge in [-0.1, -0.05) is 15.9 Å². The average Bonchev–Trinajstić information content (AvgIpc) is 2.74. The second kappa shape index (κ2) is 5.75. The Bertz CT molecular complexity index is 562. The number of anilines is 1. The molecule has 2 rings (SSSR count). The Hall–Kier alpha value is -1.33. The van der Waals surface area contributed by atoms with Gasteiger partial charge in [0.25, 0.3) is 0 Å². The van der Waals surface area contributed by atoms with Gasteiger partial charge in [0.2, 0.25) is 0 Å². The highest BCUT2D eigenvalue weighted by Crippen LogP contribution is 2.28. The molecule has 5 heteroatoms. The fraction of sp³-hybridized carbons (Fsp3) is 0.357. The van der Waals surface area contributed by atoms with Crippen LogP contribution >= 0.6 is 15.9 Å². The summed E-state index contributed by atoms with van der Waals surface area (Å²) in [5, 5.41) is 0. The first-order chi connectivity index (χ1) is 8.99. The number of aromatic nitrogens is 2. The first-order valence-electron chi connectivity index (χ1n) is 6.21. The van der Waals surface area contributed by atoms with E-state index in [2.05, 4.69) is 45.0 Å². The summed E-state index contributed by atoms with van der Waals surface area (Å²) in [6.45, 7) is 2.75. The van der Waals surface area contributed by atoms with Crippen molar-refractivity contribution in [3.05, 3.63) is 46.5 Å². The minimum absolute atomic E-state index is 0.00341. The van der Waals surface area contributed by atoms with Gasteiger partial charge >= 0.3 is 0 Å². The number of hydrogen-bond donors (Lipinski definition) is 1. The molecule has 0 fully saturated rings. The zero-order valence-electron chi connectivity index (χ0n) is 11.5. The Kier molecular flexibility index (Phi) is 4.27. The molecule has 0 aliphatic heterocycles. The van der Waals surface area contributed by atoms with Gasteiger partial charge in [0.15, 0.2) is 0 Å². The first kappa shape index (κ1) is 14.1. The van der Waals surface area contributed by atoms with Crippen molar-refractivity contribution < 1.29 is 0 Å². The van der Waals surface area contributed by atoms with Crippen LogP contribution in [-0.4, -0.2) is 16.6 Å². The third-order valence-corrected chi connectivity index (χ3v) is 3.68. The van der Waals surface area contributed by atoms with E-state index in [4.69, 9.17) is 5.73 Å². The van der Waals surface area contributed by atoms with Crippen LogP contribution in [0.2, 0.25) is 0 Å². The zero-order chi connectivity index (χ0) is 14.0.